The first-order valence-electron chi connectivity index (χ1n) is 8.88. The molecule has 0 aliphatic heterocycles. The molecule has 2 N–H and O–H groups in total. The predicted octanol–water partition coefficient (Wildman–Crippen LogP) is 5.88. The number of methoxy groups -OCH3 is 1. The molecular formula is C20H20F6N2O2. The van der Waals surface area contributed by atoms with E-state index in [-0.39, 0.29) is 12.1 Å². The van der Waals surface area contributed by atoms with Crippen LogP contribution in [0.1, 0.15) is 30.0 Å². The summed E-state index contributed by atoms with van der Waals surface area (Å²) in [6.45, 7) is 1.68. The van der Waals surface area contributed by atoms with Gasteiger partial charge in [0.15, 0.2) is 0 Å². The van der Waals surface area contributed by atoms with Crippen LogP contribution in [0.4, 0.5) is 36.8 Å². The van der Waals surface area contributed by atoms with E-state index < -0.39 is 35.2 Å². The number of ether oxygens (including phenoxy) is 1. The average molecular weight is 434 g/mol. The highest BCUT2D eigenvalue weighted by molar-refractivity contribution is 5.89. The summed E-state index contributed by atoms with van der Waals surface area (Å²) in [5.74, 6) is 0.698. The van der Waals surface area contributed by atoms with Crippen molar-refractivity contribution in [2.45, 2.75) is 38.2 Å². The molecule has 1 atom stereocenters. The van der Waals surface area contributed by atoms with Gasteiger partial charge in [0.2, 0.25) is 0 Å². The number of halogens is 6. The number of anilines is 1. The molecule has 0 aliphatic carbocycles. The molecule has 0 heterocycles. The van der Waals surface area contributed by atoms with Gasteiger partial charge in [0, 0.05) is 11.7 Å². The maximum Gasteiger partial charge on any atom is 0.416 e. The maximum absolute atomic E-state index is 12.9. The number of rotatable bonds is 6. The monoisotopic (exact) mass is 434 g/mol. The summed E-state index contributed by atoms with van der Waals surface area (Å²) in [4.78, 5) is 12.0. The number of urea groups is 1. The van der Waals surface area contributed by atoms with E-state index in [0.717, 1.165) is 5.56 Å². The molecule has 1 unspecified atom stereocenters. The molecule has 0 spiro atoms. The van der Waals surface area contributed by atoms with Crippen molar-refractivity contribution in [1.82, 2.24) is 5.32 Å². The molecule has 0 aliphatic rings. The summed E-state index contributed by atoms with van der Waals surface area (Å²) in [7, 11) is 1.54. The van der Waals surface area contributed by atoms with Gasteiger partial charge in [0.25, 0.3) is 0 Å². The van der Waals surface area contributed by atoms with Crippen LogP contribution in [-0.4, -0.2) is 19.2 Å². The third kappa shape index (κ3) is 6.85. The van der Waals surface area contributed by atoms with Crippen molar-refractivity contribution in [2.24, 2.45) is 0 Å². The normalized spacial score (nSPS) is 12.9. The van der Waals surface area contributed by atoms with Crippen LogP contribution in [0.3, 0.4) is 0 Å². The van der Waals surface area contributed by atoms with E-state index in [1.807, 2.05) is 17.4 Å². The third-order valence-electron chi connectivity index (χ3n) is 4.25. The molecule has 2 aromatic rings. The van der Waals surface area contributed by atoms with Crippen molar-refractivity contribution < 1.29 is 35.9 Å². The lowest BCUT2D eigenvalue weighted by Crippen LogP contribution is -2.36. The molecule has 2 rings (SSSR count). The number of alkyl halides is 6. The largest absolute Gasteiger partial charge is 0.497 e. The van der Waals surface area contributed by atoms with Crippen LogP contribution in [-0.2, 0) is 18.8 Å². The molecule has 4 nitrogen and oxygen atoms in total. The number of amides is 2. The zero-order valence-corrected chi connectivity index (χ0v) is 16.1. The van der Waals surface area contributed by atoms with E-state index in [1.165, 1.54) is 0 Å². The molecule has 2 amide bonds. The Kier molecular flexibility index (Phi) is 7.22. The van der Waals surface area contributed by atoms with E-state index in [1.54, 1.807) is 26.2 Å². The van der Waals surface area contributed by atoms with Gasteiger partial charge in [0.1, 0.15) is 5.75 Å². The fourth-order valence-electron chi connectivity index (χ4n) is 2.67. The van der Waals surface area contributed by atoms with Crippen molar-refractivity contribution in [3.63, 3.8) is 0 Å². The molecule has 2 aromatic carbocycles. The Morgan fingerprint density at radius 2 is 1.50 bits per heavy atom. The molecule has 0 bridgehead atoms. The quantitative estimate of drug-likeness (QED) is 0.559. The molecule has 10 heteroatoms. The second-order valence-electron chi connectivity index (χ2n) is 6.68. The first-order valence-corrected chi connectivity index (χ1v) is 8.88. The molecular weight excluding hydrogens is 414 g/mol. The number of hydrogen-bond acceptors (Lipinski definition) is 2. The summed E-state index contributed by atoms with van der Waals surface area (Å²) >= 11 is 0. The Bertz CT molecular complexity index is 831. The Labute approximate surface area is 169 Å². The second kappa shape index (κ2) is 9.27. The van der Waals surface area contributed by atoms with Crippen LogP contribution in [0.25, 0.3) is 0 Å². The Hall–Kier alpha value is -2.91. The fourth-order valence-corrected chi connectivity index (χ4v) is 2.67. The minimum absolute atomic E-state index is 0.000559. The van der Waals surface area contributed by atoms with Gasteiger partial charge >= 0.3 is 18.4 Å². The average Bonchev–Trinajstić information content (AvgIpc) is 2.65. The number of carbonyl (C=O) groups excluding carboxylic acids is 1. The van der Waals surface area contributed by atoms with E-state index in [9.17, 15) is 31.1 Å². The number of carbonyl (C=O) groups is 1. The van der Waals surface area contributed by atoms with Crippen LogP contribution in [0.15, 0.2) is 42.5 Å². The minimum atomic E-state index is -4.99. The summed E-state index contributed by atoms with van der Waals surface area (Å²) in [6, 6.07) is 6.91. The number of hydrogen-bond donors (Lipinski definition) is 2. The van der Waals surface area contributed by atoms with Crippen molar-refractivity contribution in [3.05, 3.63) is 59.2 Å². The minimum Gasteiger partial charge on any atom is -0.497 e. The van der Waals surface area contributed by atoms with Gasteiger partial charge in [-0.3, -0.25) is 0 Å². The number of benzene rings is 2. The molecule has 0 saturated carbocycles. The Balaban J connectivity index is 2.00. The highest BCUT2D eigenvalue weighted by Gasteiger charge is 2.37. The number of aryl methyl sites for hydroxylation is 1. The van der Waals surface area contributed by atoms with E-state index in [4.69, 9.17) is 4.74 Å². The van der Waals surface area contributed by atoms with Crippen LogP contribution in [0, 0.1) is 0 Å². The van der Waals surface area contributed by atoms with Crippen molar-refractivity contribution >= 4 is 11.7 Å². The van der Waals surface area contributed by atoms with E-state index in [0.29, 0.717) is 30.7 Å². The maximum atomic E-state index is 12.9. The molecule has 0 saturated heterocycles. The highest BCUT2D eigenvalue weighted by atomic mass is 19.4. The lowest BCUT2D eigenvalue weighted by Gasteiger charge is -2.17. The molecule has 0 aromatic heterocycles. The smallest absolute Gasteiger partial charge is 0.416 e. The zero-order valence-electron chi connectivity index (χ0n) is 16.1. The van der Waals surface area contributed by atoms with Gasteiger partial charge in [-0.2, -0.15) is 26.3 Å². The van der Waals surface area contributed by atoms with Gasteiger partial charge in [-0.1, -0.05) is 12.1 Å². The second-order valence-corrected chi connectivity index (χ2v) is 6.68. The first kappa shape index (κ1) is 23.4. The topological polar surface area (TPSA) is 50.4 Å². The standard InChI is InChI=1S/C20H20F6N2O2/c1-12(3-4-13-5-7-17(30-2)8-6-13)27-18(29)28-16-10-14(19(21,22)23)9-15(11-16)20(24,25)26/h5-12H,3-4H2,1-2H3,(H2,27,28,29). The van der Waals surface area contributed by atoms with E-state index in [2.05, 4.69) is 5.32 Å². The van der Waals surface area contributed by atoms with Crippen LogP contribution in [0.5, 0.6) is 5.75 Å². The van der Waals surface area contributed by atoms with Gasteiger partial charge < -0.3 is 15.4 Å². The van der Waals surface area contributed by atoms with Gasteiger partial charge in [-0.25, -0.2) is 4.79 Å². The Morgan fingerprint density at radius 1 is 0.967 bits per heavy atom. The SMILES string of the molecule is COc1ccc(CCC(C)NC(=O)Nc2cc(C(F)(F)F)cc(C(F)(F)F)c2)cc1. The summed E-state index contributed by atoms with van der Waals surface area (Å²) in [5.41, 5.74) is -2.62. The van der Waals surface area contributed by atoms with Crippen molar-refractivity contribution in [3.8, 4) is 5.75 Å². The van der Waals surface area contributed by atoms with Crippen LogP contribution >= 0.6 is 0 Å². The van der Waals surface area contributed by atoms with Gasteiger partial charge in [0.05, 0.1) is 18.2 Å². The molecule has 0 fully saturated rings. The Morgan fingerprint density at radius 3 is 1.97 bits per heavy atom. The summed E-state index contributed by atoms with van der Waals surface area (Å²) in [5, 5.41) is 4.54. The molecule has 30 heavy (non-hydrogen) atoms. The number of nitrogens with one attached hydrogen (secondary N) is 2. The van der Waals surface area contributed by atoms with E-state index >= 15 is 0 Å². The molecule has 0 radical (unpaired) electrons. The summed E-state index contributed by atoms with van der Waals surface area (Å²) in [6.07, 6.45) is -8.86. The lowest BCUT2D eigenvalue weighted by atomic mass is 10.1. The highest BCUT2D eigenvalue weighted by Crippen LogP contribution is 2.37. The van der Waals surface area contributed by atoms with Crippen LogP contribution in [0.2, 0.25) is 0 Å². The predicted molar refractivity (Wildman–Crippen MR) is 99.4 cm³/mol. The zero-order chi connectivity index (χ0) is 22.5. The first-order chi connectivity index (χ1) is 13.9. The third-order valence-corrected chi connectivity index (χ3v) is 4.25. The van der Waals surface area contributed by atoms with Crippen molar-refractivity contribution in [2.75, 3.05) is 12.4 Å². The molecule has 164 valence electrons. The fraction of sp³-hybridized carbons (Fsp3) is 0.350. The van der Waals surface area contributed by atoms with Crippen LogP contribution < -0.4 is 15.4 Å². The van der Waals surface area contributed by atoms with Gasteiger partial charge in [-0.05, 0) is 55.7 Å². The lowest BCUT2D eigenvalue weighted by molar-refractivity contribution is -0.143. The van der Waals surface area contributed by atoms with Gasteiger partial charge in [-0.15, -0.1) is 0 Å². The van der Waals surface area contributed by atoms with Crippen molar-refractivity contribution in [1.29, 1.82) is 0 Å². The summed E-state index contributed by atoms with van der Waals surface area (Å²) < 4.78 is 82.4.